The van der Waals surface area contributed by atoms with Crippen molar-refractivity contribution >= 4 is 25.4 Å². The van der Waals surface area contributed by atoms with Crippen LogP contribution in [0.25, 0.3) is 0 Å². The second-order valence-corrected chi connectivity index (χ2v) is 5.86. The summed E-state index contributed by atoms with van der Waals surface area (Å²) in [6.45, 7) is 0. The highest BCUT2D eigenvalue weighted by Gasteiger charge is 2.04. The first-order chi connectivity index (χ1) is 10.3. The Labute approximate surface area is 125 Å². The quantitative estimate of drug-likeness (QED) is 0.583. The molecule has 0 aliphatic rings. The van der Waals surface area contributed by atoms with E-state index >= 15 is 0 Å². The van der Waals surface area contributed by atoms with Crippen molar-refractivity contribution in [3.8, 4) is 5.75 Å². The number of rotatable bonds is 4. The maximum Gasteiger partial charge on any atom is 0.123 e. The first-order valence-corrected chi connectivity index (χ1v) is 7.64. The minimum Gasteiger partial charge on any atom is -0.507 e. The molecule has 1 N–H and O–H groups in total. The number of phenolic OH excluding ortho intramolecular Hbond substituents is 1. The summed E-state index contributed by atoms with van der Waals surface area (Å²) >= 11 is 0. The predicted molar refractivity (Wildman–Crippen MR) is 89.6 cm³/mol. The van der Waals surface area contributed by atoms with Crippen molar-refractivity contribution in [2.75, 3.05) is 0 Å². The smallest absolute Gasteiger partial charge is 0.123 e. The molecule has 0 fully saturated rings. The van der Waals surface area contributed by atoms with Gasteiger partial charge in [0.1, 0.15) is 5.75 Å². The molecule has 1 aromatic heterocycles. The SMILES string of the molecule is Oc1ccccc1Pc1ccccc1/C=N/n1cccc1. The summed E-state index contributed by atoms with van der Waals surface area (Å²) in [5.74, 6) is 0.341. The van der Waals surface area contributed by atoms with Crippen LogP contribution in [0.1, 0.15) is 5.56 Å². The second kappa shape index (κ2) is 6.38. The van der Waals surface area contributed by atoms with E-state index in [1.54, 1.807) is 10.7 Å². The average Bonchev–Trinajstić information content (AvgIpc) is 3.02. The summed E-state index contributed by atoms with van der Waals surface area (Å²) in [5.41, 5.74) is 1.06. The van der Waals surface area contributed by atoms with Gasteiger partial charge in [-0.3, -0.25) is 0 Å². The molecular formula is C17H15N2OP. The highest BCUT2D eigenvalue weighted by Crippen LogP contribution is 2.19. The Balaban J connectivity index is 1.88. The lowest BCUT2D eigenvalue weighted by molar-refractivity contribution is 0.480. The first kappa shape index (κ1) is 13.6. The zero-order valence-electron chi connectivity index (χ0n) is 11.3. The van der Waals surface area contributed by atoms with Crippen LogP contribution in [0, 0.1) is 0 Å². The molecule has 0 saturated carbocycles. The second-order valence-electron chi connectivity index (χ2n) is 4.54. The topological polar surface area (TPSA) is 37.5 Å². The average molecular weight is 294 g/mol. The molecule has 1 heterocycles. The maximum atomic E-state index is 9.91. The molecule has 3 rings (SSSR count). The fraction of sp³-hybridized carbons (Fsp3) is 0. The van der Waals surface area contributed by atoms with Crippen molar-refractivity contribution < 1.29 is 5.11 Å². The molecule has 0 spiro atoms. The molecule has 0 amide bonds. The minimum atomic E-state index is 0.341. The number of phenols is 1. The molecule has 0 aliphatic heterocycles. The van der Waals surface area contributed by atoms with Crippen LogP contribution in [0.2, 0.25) is 0 Å². The van der Waals surface area contributed by atoms with Gasteiger partial charge < -0.3 is 5.11 Å². The van der Waals surface area contributed by atoms with Crippen LogP contribution in [0.15, 0.2) is 78.2 Å². The van der Waals surface area contributed by atoms with Crippen molar-refractivity contribution in [2.45, 2.75) is 0 Å². The largest absolute Gasteiger partial charge is 0.507 e. The summed E-state index contributed by atoms with van der Waals surface area (Å²) < 4.78 is 1.76. The van der Waals surface area contributed by atoms with Crippen LogP contribution in [0.4, 0.5) is 0 Å². The van der Waals surface area contributed by atoms with Gasteiger partial charge in [-0.15, -0.1) is 0 Å². The van der Waals surface area contributed by atoms with E-state index in [1.807, 2.05) is 67.1 Å². The third-order valence-corrected chi connectivity index (χ3v) is 4.47. The van der Waals surface area contributed by atoms with E-state index in [4.69, 9.17) is 0 Å². The Morgan fingerprint density at radius 1 is 0.857 bits per heavy atom. The van der Waals surface area contributed by atoms with Crippen molar-refractivity contribution in [2.24, 2.45) is 5.10 Å². The molecule has 3 nitrogen and oxygen atoms in total. The van der Waals surface area contributed by atoms with E-state index < -0.39 is 0 Å². The third-order valence-electron chi connectivity index (χ3n) is 3.05. The van der Waals surface area contributed by atoms with E-state index in [0.29, 0.717) is 14.3 Å². The molecule has 0 bridgehead atoms. The molecule has 0 aliphatic carbocycles. The predicted octanol–water partition coefficient (Wildman–Crippen LogP) is 2.71. The van der Waals surface area contributed by atoms with Crippen LogP contribution in [0.5, 0.6) is 5.75 Å². The number of hydrogen-bond donors (Lipinski definition) is 1. The Morgan fingerprint density at radius 2 is 1.52 bits per heavy atom. The van der Waals surface area contributed by atoms with Gasteiger partial charge in [0.2, 0.25) is 0 Å². The number of aromatic nitrogens is 1. The molecular weight excluding hydrogens is 279 g/mol. The van der Waals surface area contributed by atoms with Crippen LogP contribution in [-0.4, -0.2) is 16.0 Å². The van der Waals surface area contributed by atoms with Gasteiger partial charge >= 0.3 is 0 Å². The van der Waals surface area contributed by atoms with Crippen molar-refractivity contribution in [1.82, 2.24) is 4.68 Å². The molecule has 4 heteroatoms. The van der Waals surface area contributed by atoms with Gasteiger partial charge in [0, 0.05) is 23.3 Å². The van der Waals surface area contributed by atoms with E-state index in [9.17, 15) is 5.11 Å². The summed E-state index contributed by atoms with van der Waals surface area (Å²) in [7, 11) is 0.399. The van der Waals surface area contributed by atoms with Crippen LogP contribution in [0.3, 0.4) is 0 Å². The zero-order valence-corrected chi connectivity index (χ0v) is 12.3. The number of para-hydroxylation sites is 1. The lowest BCUT2D eigenvalue weighted by Gasteiger charge is -2.07. The summed E-state index contributed by atoms with van der Waals surface area (Å²) in [5, 5.41) is 16.4. The van der Waals surface area contributed by atoms with Gasteiger partial charge in [0.15, 0.2) is 0 Å². The molecule has 1 atom stereocenters. The standard InChI is InChI=1S/C17H15N2OP/c20-15-8-2-4-10-17(15)21-16-9-3-1-7-14(16)13-18-19-11-5-6-12-19/h1-13,20-21H/b18-13+. The van der Waals surface area contributed by atoms with Crippen molar-refractivity contribution in [3.05, 3.63) is 78.6 Å². The number of benzene rings is 2. The Morgan fingerprint density at radius 3 is 2.29 bits per heavy atom. The van der Waals surface area contributed by atoms with Crippen LogP contribution in [-0.2, 0) is 0 Å². The molecule has 21 heavy (non-hydrogen) atoms. The summed E-state index contributed by atoms with van der Waals surface area (Å²) in [6.07, 6.45) is 5.64. The van der Waals surface area contributed by atoms with Gasteiger partial charge in [-0.05, 0) is 23.5 Å². The monoisotopic (exact) mass is 294 g/mol. The van der Waals surface area contributed by atoms with Crippen molar-refractivity contribution in [1.29, 1.82) is 0 Å². The Hall–Kier alpha value is -2.38. The molecule has 2 aromatic carbocycles. The van der Waals surface area contributed by atoms with Gasteiger partial charge in [0.25, 0.3) is 0 Å². The first-order valence-electron chi connectivity index (χ1n) is 6.64. The summed E-state index contributed by atoms with van der Waals surface area (Å²) in [6, 6.07) is 19.4. The number of nitrogens with zero attached hydrogens (tertiary/aromatic N) is 2. The number of aromatic hydroxyl groups is 1. The number of hydrogen-bond acceptors (Lipinski definition) is 2. The van der Waals surface area contributed by atoms with Gasteiger partial charge in [-0.25, -0.2) is 4.68 Å². The molecule has 104 valence electrons. The van der Waals surface area contributed by atoms with Gasteiger partial charge in [0.05, 0.1) is 6.21 Å². The normalized spacial score (nSPS) is 11.6. The lowest BCUT2D eigenvalue weighted by atomic mass is 10.2. The van der Waals surface area contributed by atoms with E-state index in [-0.39, 0.29) is 0 Å². The molecule has 0 saturated heterocycles. The van der Waals surface area contributed by atoms with E-state index in [1.165, 1.54) is 0 Å². The highest BCUT2D eigenvalue weighted by atomic mass is 31.1. The van der Waals surface area contributed by atoms with Gasteiger partial charge in [-0.2, -0.15) is 5.10 Å². The minimum absolute atomic E-state index is 0.341. The Bertz CT molecular complexity index is 751. The fourth-order valence-electron chi connectivity index (χ4n) is 1.98. The van der Waals surface area contributed by atoms with E-state index in [2.05, 4.69) is 11.2 Å². The molecule has 1 unspecified atom stereocenters. The molecule has 3 aromatic rings. The molecule has 0 radical (unpaired) electrons. The van der Waals surface area contributed by atoms with Crippen LogP contribution < -0.4 is 10.6 Å². The summed E-state index contributed by atoms with van der Waals surface area (Å²) in [4.78, 5) is 0. The van der Waals surface area contributed by atoms with Gasteiger partial charge in [-0.1, -0.05) is 51.0 Å². The maximum absolute atomic E-state index is 9.91. The van der Waals surface area contributed by atoms with Crippen molar-refractivity contribution in [3.63, 3.8) is 0 Å². The fourth-order valence-corrected chi connectivity index (χ4v) is 3.13. The highest BCUT2D eigenvalue weighted by molar-refractivity contribution is 7.56. The lowest BCUT2D eigenvalue weighted by Crippen LogP contribution is -2.09. The van der Waals surface area contributed by atoms with Crippen LogP contribution >= 0.6 is 8.58 Å². The Kier molecular flexibility index (Phi) is 4.13. The zero-order chi connectivity index (χ0) is 14.5. The third kappa shape index (κ3) is 3.39. The van der Waals surface area contributed by atoms with E-state index in [0.717, 1.165) is 16.2 Å².